The average Bonchev–Trinajstić information content (AvgIpc) is 3.04. The summed E-state index contributed by atoms with van der Waals surface area (Å²) >= 11 is 0. The van der Waals surface area contributed by atoms with Crippen molar-refractivity contribution in [1.82, 2.24) is 9.38 Å². The number of fused-ring (bicyclic) bond motifs is 1. The lowest BCUT2D eigenvalue weighted by atomic mass is 10.3. The summed E-state index contributed by atoms with van der Waals surface area (Å²) in [6, 6.07) is 9.76. The minimum absolute atomic E-state index is 0.447. The molecular weight excluding hydrogens is 240 g/mol. The minimum Gasteiger partial charge on any atom is -0.467 e. The van der Waals surface area contributed by atoms with Gasteiger partial charge in [-0.2, -0.15) is 0 Å². The highest BCUT2D eigenvalue weighted by atomic mass is 16.3. The van der Waals surface area contributed by atoms with Crippen LogP contribution in [0.3, 0.4) is 0 Å². The van der Waals surface area contributed by atoms with Crippen LogP contribution < -0.4 is 10.6 Å². The van der Waals surface area contributed by atoms with Crippen LogP contribution in [0.1, 0.15) is 11.5 Å². The van der Waals surface area contributed by atoms with Crippen LogP contribution in [0.5, 0.6) is 0 Å². The van der Waals surface area contributed by atoms with Crippen LogP contribution in [0.4, 0.5) is 5.82 Å². The second kappa shape index (κ2) is 4.78. The molecule has 3 aromatic rings. The maximum Gasteiger partial charge on any atom is 0.152 e. The predicted octanol–water partition coefficient (Wildman–Crippen LogP) is 2.02. The molecular formula is C14H16N4O. The Labute approximate surface area is 111 Å². The van der Waals surface area contributed by atoms with E-state index in [0.717, 1.165) is 22.9 Å². The molecule has 5 nitrogen and oxygen atoms in total. The third-order valence-corrected chi connectivity index (χ3v) is 3.14. The lowest BCUT2D eigenvalue weighted by molar-refractivity contribution is 0.507. The molecule has 3 heterocycles. The van der Waals surface area contributed by atoms with Gasteiger partial charge in [0.2, 0.25) is 0 Å². The molecule has 0 aliphatic heterocycles. The summed E-state index contributed by atoms with van der Waals surface area (Å²) in [5, 5.41) is 0. The largest absolute Gasteiger partial charge is 0.467 e. The van der Waals surface area contributed by atoms with Crippen molar-refractivity contribution in [2.45, 2.75) is 13.1 Å². The first-order chi connectivity index (χ1) is 9.29. The van der Waals surface area contributed by atoms with Gasteiger partial charge in [0.05, 0.1) is 18.5 Å². The van der Waals surface area contributed by atoms with E-state index in [1.54, 1.807) is 6.26 Å². The Morgan fingerprint density at radius 3 is 2.95 bits per heavy atom. The van der Waals surface area contributed by atoms with Crippen molar-refractivity contribution in [2.75, 3.05) is 11.9 Å². The van der Waals surface area contributed by atoms with Crippen LogP contribution in [0, 0.1) is 0 Å². The summed E-state index contributed by atoms with van der Waals surface area (Å²) in [6.45, 7) is 1.12. The molecule has 0 aliphatic rings. The van der Waals surface area contributed by atoms with E-state index in [4.69, 9.17) is 10.2 Å². The van der Waals surface area contributed by atoms with E-state index in [1.807, 2.05) is 52.9 Å². The number of hydrogen-bond acceptors (Lipinski definition) is 4. The van der Waals surface area contributed by atoms with Crippen LogP contribution in [-0.2, 0) is 13.1 Å². The smallest absolute Gasteiger partial charge is 0.152 e. The van der Waals surface area contributed by atoms with E-state index >= 15 is 0 Å². The zero-order chi connectivity index (χ0) is 13.2. The lowest BCUT2D eigenvalue weighted by Crippen LogP contribution is -2.19. The molecule has 0 aromatic carbocycles. The summed E-state index contributed by atoms with van der Waals surface area (Å²) in [7, 11) is 1.99. The molecule has 0 radical (unpaired) electrons. The molecule has 5 heteroatoms. The fourth-order valence-electron chi connectivity index (χ4n) is 2.24. The van der Waals surface area contributed by atoms with Crippen molar-refractivity contribution in [3.63, 3.8) is 0 Å². The van der Waals surface area contributed by atoms with Crippen molar-refractivity contribution in [3.05, 3.63) is 54.2 Å². The van der Waals surface area contributed by atoms with E-state index in [2.05, 4.69) is 4.98 Å². The van der Waals surface area contributed by atoms with Crippen LogP contribution in [0.15, 0.2) is 47.2 Å². The van der Waals surface area contributed by atoms with Gasteiger partial charge in [-0.15, -0.1) is 0 Å². The number of imidazole rings is 1. The molecule has 19 heavy (non-hydrogen) atoms. The topological polar surface area (TPSA) is 59.7 Å². The molecule has 3 aromatic heterocycles. The number of pyridine rings is 1. The van der Waals surface area contributed by atoms with Gasteiger partial charge in [-0.1, -0.05) is 6.07 Å². The zero-order valence-corrected chi connectivity index (χ0v) is 10.8. The van der Waals surface area contributed by atoms with Crippen LogP contribution in [-0.4, -0.2) is 16.4 Å². The average molecular weight is 256 g/mol. The Bertz CT molecular complexity index is 672. The molecule has 0 unspecified atom stereocenters. The minimum atomic E-state index is 0.447. The molecule has 98 valence electrons. The molecule has 0 saturated heterocycles. The van der Waals surface area contributed by atoms with Crippen molar-refractivity contribution < 1.29 is 4.42 Å². The van der Waals surface area contributed by atoms with Crippen molar-refractivity contribution in [3.8, 4) is 0 Å². The van der Waals surface area contributed by atoms with Crippen LogP contribution in [0.25, 0.3) is 5.65 Å². The standard InChI is InChI=1S/C14H16N4O/c1-17(10-11-5-4-8-19-11)14-12(9-15)18-7-3-2-6-13(18)16-14/h2-8H,9-10,15H2,1H3. The third kappa shape index (κ3) is 2.08. The normalized spacial score (nSPS) is 11.1. The number of rotatable bonds is 4. The predicted molar refractivity (Wildman–Crippen MR) is 73.9 cm³/mol. The Hall–Kier alpha value is -2.27. The molecule has 3 rings (SSSR count). The number of furan rings is 1. The molecule has 0 amide bonds. The highest BCUT2D eigenvalue weighted by Crippen LogP contribution is 2.21. The van der Waals surface area contributed by atoms with Gasteiger partial charge in [-0.05, 0) is 24.3 Å². The van der Waals surface area contributed by atoms with Gasteiger partial charge in [0.25, 0.3) is 0 Å². The number of hydrogen-bond donors (Lipinski definition) is 1. The molecule has 0 atom stereocenters. The maximum atomic E-state index is 5.86. The molecule has 0 saturated carbocycles. The number of aromatic nitrogens is 2. The fourth-order valence-corrected chi connectivity index (χ4v) is 2.24. The molecule has 0 aliphatic carbocycles. The SMILES string of the molecule is CN(Cc1ccco1)c1nc2ccccn2c1CN. The fraction of sp³-hybridized carbons (Fsp3) is 0.214. The Kier molecular flexibility index (Phi) is 2.97. The van der Waals surface area contributed by atoms with Gasteiger partial charge in [0.1, 0.15) is 11.4 Å². The highest BCUT2D eigenvalue weighted by Gasteiger charge is 2.15. The zero-order valence-electron chi connectivity index (χ0n) is 10.8. The van der Waals surface area contributed by atoms with Crippen molar-refractivity contribution in [2.24, 2.45) is 5.73 Å². The van der Waals surface area contributed by atoms with Gasteiger partial charge in [-0.25, -0.2) is 4.98 Å². The second-order valence-electron chi connectivity index (χ2n) is 4.45. The molecule has 0 fully saturated rings. The number of nitrogens with zero attached hydrogens (tertiary/aromatic N) is 3. The first-order valence-corrected chi connectivity index (χ1v) is 6.19. The van der Waals surface area contributed by atoms with Gasteiger partial charge < -0.3 is 19.5 Å². The summed E-state index contributed by atoms with van der Waals surface area (Å²) in [5.74, 6) is 1.80. The number of anilines is 1. The van der Waals surface area contributed by atoms with E-state index in [-0.39, 0.29) is 0 Å². The lowest BCUT2D eigenvalue weighted by Gasteiger charge is -2.16. The number of nitrogens with two attached hydrogens (primary N) is 1. The van der Waals surface area contributed by atoms with Crippen molar-refractivity contribution in [1.29, 1.82) is 0 Å². The summed E-state index contributed by atoms with van der Waals surface area (Å²) in [6.07, 6.45) is 3.66. The molecule has 0 spiro atoms. The van der Waals surface area contributed by atoms with E-state index in [1.165, 1.54) is 0 Å². The maximum absolute atomic E-state index is 5.86. The molecule has 2 N–H and O–H groups in total. The monoisotopic (exact) mass is 256 g/mol. The van der Waals surface area contributed by atoms with Gasteiger partial charge in [0, 0.05) is 19.8 Å². The van der Waals surface area contributed by atoms with Gasteiger partial charge in [-0.3, -0.25) is 0 Å². The highest BCUT2D eigenvalue weighted by molar-refractivity contribution is 5.55. The first kappa shape index (κ1) is 11.8. The second-order valence-corrected chi connectivity index (χ2v) is 4.45. The Morgan fingerprint density at radius 2 is 2.21 bits per heavy atom. The molecule has 0 bridgehead atoms. The van der Waals surface area contributed by atoms with E-state index in [0.29, 0.717) is 13.1 Å². The van der Waals surface area contributed by atoms with Gasteiger partial charge in [0.15, 0.2) is 5.82 Å². The van der Waals surface area contributed by atoms with Gasteiger partial charge >= 0.3 is 0 Å². The summed E-state index contributed by atoms with van der Waals surface area (Å²) in [4.78, 5) is 6.68. The summed E-state index contributed by atoms with van der Waals surface area (Å²) in [5.41, 5.74) is 7.77. The third-order valence-electron chi connectivity index (χ3n) is 3.14. The summed E-state index contributed by atoms with van der Waals surface area (Å²) < 4.78 is 7.39. The Morgan fingerprint density at radius 1 is 1.32 bits per heavy atom. The van der Waals surface area contributed by atoms with E-state index < -0.39 is 0 Å². The van der Waals surface area contributed by atoms with E-state index in [9.17, 15) is 0 Å². The Balaban J connectivity index is 1.99. The van der Waals surface area contributed by atoms with Crippen molar-refractivity contribution >= 4 is 11.5 Å². The first-order valence-electron chi connectivity index (χ1n) is 6.19. The quantitative estimate of drug-likeness (QED) is 0.776. The van der Waals surface area contributed by atoms with Crippen LogP contribution >= 0.6 is 0 Å². The van der Waals surface area contributed by atoms with Crippen LogP contribution in [0.2, 0.25) is 0 Å².